The van der Waals surface area contributed by atoms with E-state index in [0.29, 0.717) is 29.6 Å². The van der Waals surface area contributed by atoms with Gasteiger partial charge >= 0.3 is 0 Å². The molecule has 23 heavy (non-hydrogen) atoms. The van der Waals surface area contributed by atoms with Gasteiger partial charge in [0.25, 0.3) is 0 Å². The summed E-state index contributed by atoms with van der Waals surface area (Å²) in [5.74, 6) is 1.42. The van der Waals surface area contributed by atoms with Gasteiger partial charge in [0.1, 0.15) is 0 Å². The predicted octanol–water partition coefficient (Wildman–Crippen LogP) is 3.05. The van der Waals surface area contributed by atoms with Crippen LogP contribution in [0.3, 0.4) is 0 Å². The van der Waals surface area contributed by atoms with Gasteiger partial charge in [-0.2, -0.15) is 4.31 Å². The van der Waals surface area contributed by atoms with Crippen molar-refractivity contribution < 1.29 is 17.9 Å². The molecule has 0 spiro atoms. The van der Waals surface area contributed by atoms with Crippen molar-refractivity contribution in [3.05, 3.63) is 18.2 Å². The number of rotatable bonds is 5. The molecule has 1 aliphatic carbocycles. The van der Waals surface area contributed by atoms with E-state index in [9.17, 15) is 8.42 Å². The van der Waals surface area contributed by atoms with E-state index in [1.165, 1.54) is 0 Å². The van der Waals surface area contributed by atoms with Crippen molar-refractivity contribution >= 4 is 10.0 Å². The van der Waals surface area contributed by atoms with Crippen LogP contribution in [0.5, 0.6) is 11.5 Å². The molecule has 0 saturated heterocycles. The molecule has 5 nitrogen and oxygen atoms in total. The molecule has 0 amide bonds. The fraction of sp³-hybridized carbons (Fsp3) is 0.647. The molecular formula is C17H25NO4S. The molecule has 0 radical (unpaired) electrons. The van der Waals surface area contributed by atoms with Crippen LogP contribution < -0.4 is 9.47 Å². The SMILES string of the molecule is CC(C)C(C)N(C1CC1)S(=O)(=O)c1ccc2c(c1)OCCCO2. The molecule has 128 valence electrons. The Morgan fingerprint density at radius 2 is 1.74 bits per heavy atom. The van der Waals surface area contributed by atoms with Crippen LogP contribution in [0.4, 0.5) is 0 Å². The maximum Gasteiger partial charge on any atom is 0.243 e. The minimum absolute atomic E-state index is 0.0246. The normalized spacial score (nSPS) is 19.7. The number of hydrogen-bond donors (Lipinski definition) is 0. The van der Waals surface area contributed by atoms with E-state index < -0.39 is 10.0 Å². The zero-order valence-corrected chi connectivity index (χ0v) is 14.8. The average molecular weight is 339 g/mol. The lowest BCUT2D eigenvalue weighted by Crippen LogP contribution is -2.42. The van der Waals surface area contributed by atoms with Crippen molar-refractivity contribution in [3.63, 3.8) is 0 Å². The number of fused-ring (bicyclic) bond motifs is 1. The van der Waals surface area contributed by atoms with E-state index in [1.807, 2.05) is 6.92 Å². The van der Waals surface area contributed by atoms with Gasteiger partial charge in [-0.15, -0.1) is 0 Å². The Kier molecular flexibility index (Phi) is 4.56. The summed E-state index contributed by atoms with van der Waals surface area (Å²) in [4.78, 5) is 0.293. The molecule has 2 aliphatic rings. The van der Waals surface area contributed by atoms with Crippen LogP contribution in [0.15, 0.2) is 23.1 Å². The number of sulfonamides is 1. The minimum Gasteiger partial charge on any atom is -0.490 e. The molecule has 1 saturated carbocycles. The Labute approximate surface area is 138 Å². The Morgan fingerprint density at radius 3 is 2.35 bits per heavy atom. The molecule has 0 N–H and O–H groups in total. The molecule has 0 aromatic heterocycles. The van der Waals surface area contributed by atoms with Crippen LogP contribution in [0, 0.1) is 5.92 Å². The summed E-state index contributed by atoms with van der Waals surface area (Å²) >= 11 is 0. The van der Waals surface area contributed by atoms with Gasteiger partial charge in [0, 0.05) is 24.6 Å². The molecule has 1 aromatic carbocycles. The third-order valence-electron chi connectivity index (χ3n) is 4.57. The summed E-state index contributed by atoms with van der Waals surface area (Å²) in [5, 5.41) is 0. The molecule has 1 aliphatic heterocycles. The first-order valence-electron chi connectivity index (χ1n) is 8.34. The van der Waals surface area contributed by atoms with Crippen LogP contribution in [-0.2, 0) is 10.0 Å². The zero-order valence-electron chi connectivity index (χ0n) is 14.0. The van der Waals surface area contributed by atoms with Gasteiger partial charge in [-0.3, -0.25) is 0 Å². The maximum atomic E-state index is 13.2. The van der Waals surface area contributed by atoms with Crippen LogP contribution in [0.1, 0.15) is 40.0 Å². The Morgan fingerprint density at radius 1 is 1.09 bits per heavy atom. The second-order valence-electron chi connectivity index (χ2n) is 6.71. The van der Waals surface area contributed by atoms with Crippen molar-refractivity contribution in [1.82, 2.24) is 4.31 Å². The Hall–Kier alpha value is -1.27. The molecule has 1 unspecified atom stereocenters. The van der Waals surface area contributed by atoms with Gasteiger partial charge in [0.15, 0.2) is 11.5 Å². The van der Waals surface area contributed by atoms with Crippen LogP contribution in [0.25, 0.3) is 0 Å². The fourth-order valence-corrected chi connectivity index (χ4v) is 4.82. The standard InChI is InChI=1S/C17H25NO4S/c1-12(2)13(3)18(14-5-6-14)23(19,20)15-7-8-16-17(11-15)22-10-4-9-21-16/h7-8,11-14H,4-6,9-10H2,1-3H3. The van der Waals surface area contributed by atoms with Crippen molar-refractivity contribution in [3.8, 4) is 11.5 Å². The van der Waals surface area contributed by atoms with Gasteiger partial charge < -0.3 is 9.47 Å². The van der Waals surface area contributed by atoms with Gasteiger partial charge in [0.2, 0.25) is 10.0 Å². The number of benzene rings is 1. The van der Waals surface area contributed by atoms with Gasteiger partial charge in [0.05, 0.1) is 18.1 Å². The van der Waals surface area contributed by atoms with E-state index in [4.69, 9.17) is 9.47 Å². The Balaban J connectivity index is 1.96. The smallest absolute Gasteiger partial charge is 0.243 e. The van der Waals surface area contributed by atoms with Crippen molar-refractivity contribution in [2.45, 2.75) is 57.0 Å². The molecular weight excluding hydrogens is 314 g/mol. The van der Waals surface area contributed by atoms with Crippen molar-refractivity contribution in [2.24, 2.45) is 5.92 Å². The maximum absolute atomic E-state index is 13.2. The average Bonchev–Trinajstić information content (AvgIpc) is 3.32. The summed E-state index contributed by atoms with van der Waals surface area (Å²) in [6, 6.07) is 5.05. The zero-order chi connectivity index (χ0) is 16.6. The highest BCUT2D eigenvalue weighted by molar-refractivity contribution is 7.89. The second-order valence-corrected chi connectivity index (χ2v) is 8.55. The van der Waals surface area contributed by atoms with E-state index >= 15 is 0 Å². The summed E-state index contributed by atoms with van der Waals surface area (Å²) in [7, 11) is -3.53. The highest BCUT2D eigenvalue weighted by Gasteiger charge is 2.42. The van der Waals surface area contributed by atoms with Crippen LogP contribution >= 0.6 is 0 Å². The molecule has 1 heterocycles. The van der Waals surface area contributed by atoms with Crippen LogP contribution in [0.2, 0.25) is 0 Å². The predicted molar refractivity (Wildman–Crippen MR) is 88.4 cm³/mol. The van der Waals surface area contributed by atoms with Crippen molar-refractivity contribution in [1.29, 1.82) is 0 Å². The molecule has 1 aromatic rings. The fourth-order valence-electron chi connectivity index (χ4n) is 2.80. The van der Waals surface area contributed by atoms with Crippen molar-refractivity contribution in [2.75, 3.05) is 13.2 Å². The van der Waals surface area contributed by atoms with Gasteiger partial charge in [-0.05, 0) is 37.8 Å². The third kappa shape index (κ3) is 3.33. The lowest BCUT2D eigenvalue weighted by molar-refractivity contribution is 0.268. The molecule has 1 fully saturated rings. The minimum atomic E-state index is -3.53. The monoisotopic (exact) mass is 339 g/mol. The highest BCUT2D eigenvalue weighted by atomic mass is 32.2. The second kappa shape index (κ2) is 6.32. The summed E-state index contributed by atoms with van der Waals surface area (Å²) in [6.07, 6.45) is 2.69. The van der Waals surface area contributed by atoms with E-state index in [2.05, 4.69) is 13.8 Å². The highest BCUT2D eigenvalue weighted by Crippen LogP contribution is 2.38. The first-order chi connectivity index (χ1) is 10.9. The Bertz CT molecular complexity index is 667. The summed E-state index contributed by atoms with van der Waals surface area (Å²) in [5.41, 5.74) is 0. The first kappa shape index (κ1) is 16.6. The lowest BCUT2D eigenvalue weighted by Gasteiger charge is -2.31. The third-order valence-corrected chi connectivity index (χ3v) is 6.60. The van der Waals surface area contributed by atoms with Gasteiger partial charge in [-0.1, -0.05) is 13.8 Å². The number of nitrogens with zero attached hydrogens (tertiary/aromatic N) is 1. The van der Waals surface area contributed by atoms with Crippen LogP contribution in [-0.4, -0.2) is 38.0 Å². The molecule has 0 bridgehead atoms. The molecule has 6 heteroatoms. The molecule has 3 rings (SSSR count). The van der Waals surface area contributed by atoms with E-state index in [1.54, 1.807) is 22.5 Å². The first-order valence-corrected chi connectivity index (χ1v) is 9.78. The number of hydrogen-bond acceptors (Lipinski definition) is 4. The van der Waals surface area contributed by atoms with E-state index in [-0.39, 0.29) is 18.0 Å². The molecule has 1 atom stereocenters. The van der Waals surface area contributed by atoms with E-state index in [0.717, 1.165) is 19.3 Å². The lowest BCUT2D eigenvalue weighted by atomic mass is 10.1. The number of ether oxygens (including phenoxy) is 2. The topological polar surface area (TPSA) is 55.8 Å². The summed E-state index contributed by atoms with van der Waals surface area (Å²) < 4.78 is 39.2. The quantitative estimate of drug-likeness (QED) is 0.827. The largest absolute Gasteiger partial charge is 0.490 e. The van der Waals surface area contributed by atoms with Gasteiger partial charge in [-0.25, -0.2) is 8.42 Å². The summed E-state index contributed by atoms with van der Waals surface area (Å²) in [6.45, 7) is 7.25.